The minimum atomic E-state index is -0.480. The smallest absolute Gasteiger partial charge is 0.306 e. The van der Waals surface area contributed by atoms with E-state index < -0.39 is 5.91 Å². The molecule has 0 radical (unpaired) electrons. The molecule has 0 bridgehead atoms. The zero-order valence-electron chi connectivity index (χ0n) is 19.2. The molecule has 3 atom stereocenters. The summed E-state index contributed by atoms with van der Waals surface area (Å²) < 4.78 is 16.6. The molecule has 3 unspecified atom stereocenters. The van der Waals surface area contributed by atoms with Gasteiger partial charge in [-0.25, -0.2) is 0 Å². The Balaban J connectivity index is 1.78. The number of ether oxygens (including phenoxy) is 3. The summed E-state index contributed by atoms with van der Waals surface area (Å²) in [5.74, 6) is 2.02. The molecule has 1 amide bonds. The highest BCUT2D eigenvalue weighted by molar-refractivity contribution is 5.79. The fraction of sp³-hybridized carbons (Fsp3) is 0.667. The van der Waals surface area contributed by atoms with E-state index in [-0.39, 0.29) is 30.8 Å². The van der Waals surface area contributed by atoms with Crippen LogP contribution in [0.25, 0.3) is 0 Å². The highest BCUT2D eigenvalue weighted by atomic mass is 16.5. The van der Waals surface area contributed by atoms with Crippen molar-refractivity contribution in [3.63, 3.8) is 0 Å². The number of amides is 1. The van der Waals surface area contributed by atoms with Crippen molar-refractivity contribution >= 4 is 11.9 Å². The SMILES string of the molecule is COc1cc2c(cc1OC)C1CC(COC(=O)CCC(N)=O)C(CC(C)C)CN1CC2. The van der Waals surface area contributed by atoms with E-state index in [1.165, 1.54) is 11.1 Å². The number of nitrogens with zero attached hydrogens (tertiary/aromatic N) is 1. The van der Waals surface area contributed by atoms with Gasteiger partial charge in [0, 0.05) is 25.6 Å². The molecule has 1 aromatic rings. The molecule has 3 rings (SSSR count). The highest BCUT2D eigenvalue weighted by Crippen LogP contribution is 2.45. The third kappa shape index (κ3) is 5.70. The molecule has 1 saturated heterocycles. The molecule has 2 N–H and O–H groups in total. The van der Waals surface area contributed by atoms with Gasteiger partial charge in [-0.15, -0.1) is 0 Å². The second-order valence-corrected chi connectivity index (χ2v) is 9.20. The van der Waals surface area contributed by atoms with Crippen LogP contribution in [0.4, 0.5) is 0 Å². The summed E-state index contributed by atoms with van der Waals surface area (Å²) in [5.41, 5.74) is 7.74. The molecular formula is C24H36N2O5. The summed E-state index contributed by atoms with van der Waals surface area (Å²) in [7, 11) is 3.33. The lowest BCUT2D eigenvalue weighted by atomic mass is 9.74. The molecule has 2 heterocycles. The molecule has 1 fully saturated rings. The van der Waals surface area contributed by atoms with Gasteiger partial charge in [0.05, 0.1) is 27.2 Å². The molecular weight excluding hydrogens is 396 g/mol. The van der Waals surface area contributed by atoms with Gasteiger partial charge in [0.25, 0.3) is 0 Å². The predicted octanol–water partition coefficient (Wildman–Crippen LogP) is 3.09. The molecule has 0 spiro atoms. The van der Waals surface area contributed by atoms with Crippen LogP contribution in [0.3, 0.4) is 0 Å². The fourth-order valence-corrected chi connectivity index (χ4v) is 5.08. The van der Waals surface area contributed by atoms with Gasteiger partial charge in [0.2, 0.25) is 5.91 Å². The normalized spacial score (nSPS) is 23.1. The van der Waals surface area contributed by atoms with Gasteiger partial charge < -0.3 is 19.9 Å². The molecule has 2 aliphatic rings. The van der Waals surface area contributed by atoms with E-state index in [1.807, 2.05) is 0 Å². The highest BCUT2D eigenvalue weighted by Gasteiger charge is 2.40. The quantitative estimate of drug-likeness (QED) is 0.603. The first-order valence-corrected chi connectivity index (χ1v) is 11.2. The third-order valence-electron chi connectivity index (χ3n) is 6.58. The second kappa shape index (κ2) is 10.4. The Bertz CT molecular complexity index is 794. The monoisotopic (exact) mass is 432 g/mol. The number of piperidine rings is 1. The second-order valence-electron chi connectivity index (χ2n) is 9.20. The first kappa shape index (κ1) is 23.4. The molecule has 7 nitrogen and oxygen atoms in total. The Labute approximate surface area is 185 Å². The van der Waals surface area contributed by atoms with Gasteiger partial charge in [-0.05, 0) is 60.3 Å². The Hall–Kier alpha value is -2.28. The van der Waals surface area contributed by atoms with Crippen LogP contribution in [0.15, 0.2) is 12.1 Å². The number of carbonyl (C=O) groups is 2. The summed E-state index contributed by atoms with van der Waals surface area (Å²) in [4.78, 5) is 25.6. The van der Waals surface area contributed by atoms with Gasteiger partial charge in [-0.2, -0.15) is 0 Å². The number of rotatable bonds is 9. The zero-order chi connectivity index (χ0) is 22.5. The van der Waals surface area contributed by atoms with Gasteiger partial charge in [-0.3, -0.25) is 14.5 Å². The van der Waals surface area contributed by atoms with Crippen molar-refractivity contribution in [3.8, 4) is 11.5 Å². The maximum Gasteiger partial charge on any atom is 0.306 e. The van der Waals surface area contributed by atoms with Crippen molar-refractivity contribution < 1.29 is 23.8 Å². The summed E-state index contributed by atoms with van der Waals surface area (Å²) >= 11 is 0. The van der Waals surface area contributed by atoms with Gasteiger partial charge in [-0.1, -0.05) is 13.8 Å². The number of nitrogens with two attached hydrogens (primary N) is 1. The van der Waals surface area contributed by atoms with Gasteiger partial charge in [0.1, 0.15) is 0 Å². The summed E-state index contributed by atoms with van der Waals surface area (Å²) in [6.07, 6.45) is 3.11. The van der Waals surface area contributed by atoms with Gasteiger partial charge in [0.15, 0.2) is 11.5 Å². The van der Waals surface area contributed by atoms with Gasteiger partial charge >= 0.3 is 5.97 Å². The Kier molecular flexibility index (Phi) is 7.81. The van der Waals surface area contributed by atoms with E-state index in [0.29, 0.717) is 18.4 Å². The van der Waals surface area contributed by atoms with Crippen LogP contribution in [-0.2, 0) is 20.7 Å². The Morgan fingerprint density at radius 2 is 1.84 bits per heavy atom. The lowest BCUT2D eigenvalue weighted by Gasteiger charge is -2.47. The molecule has 0 saturated carbocycles. The first-order chi connectivity index (χ1) is 14.8. The van der Waals surface area contributed by atoms with Crippen LogP contribution >= 0.6 is 0 Å². The number of carbonyl (C=O) groups excluding carboxylic acids is 2. The fourth-order valence-electron chi connectivity index (χ4n) is 5.08. The topological polar surface area (TPSA) is 91.1 Å². The van der Waals surface area contributed by atoms with Crippen molar-refractivity contribution in [1.29, 1.82) is 0 Å². The Morgan fingerprint density at radius 3 is 2.48 bits per heavy atom. The van der Waals surface area contributed by atoms with Crippen molar-refractivity contribution in [2.45, 2.75) is 52.0 Å². The van der Waals surface area contributed by atoms with Crippen LogP contribution in [0.5, 0.6) is 11.5 Å². The lowest BCUT2D eigenvalue weighted by molar-refractivity contribution is -0.148. The first-order valence-electron chi connectivity index (χ1n) is 11.2. The van der Waals surface area contributed by atoms with E-state index in [2.05, 4.69) is 30.9 Å². The molecule has 7 heteroatoms. The lowest BCUT2D eigenvalue weighted by Crippen LogP contribution is -2.47. The van der Waals surface area contributed by atoms with Crippen molar-refractivity contribution in [3.05, 3.63) is 23.3 Å². The maximum atomic E-state index is 12.1. The van der Waals surface area contributed by atoms with Crippen molar-refractivity contribution in [2.24, 2.45) is 23.5 Å². The summed E-state index contributed by atoms with van der Waals surface area (Å²) in [6.45, 7) is 6.89. The number of fused-ring (bicyclic) bond motifs is 3. The van der Waals surface area contributed by atoms with E-state index in [4.69, 9.17) is 19.9 Å². The molecule has 1 aromatic carbocycles. The van der Waals surface area contributed by atoms with E-state index in [9.17, 15) is 9.59 Å². The summed E-state index contributed by atoms with van der Waals surface area (Å²) in [5, 5.41) is 0. The third-order valence-corrected chi connectivity index (χ3v) is 6.58. The molecule has 0 aromatic heterocycles. The minimum Gasteiger partial charge on any atom is -0.493 e. The number of esters is 1. The average Bonchev–Trinajstić information content (AvgIpc) is 2.74. The molecule has 0 aliphatic carbocycles. The number of hydrogen-bond donors (Lipinski definition) is 1. The van der Waals surface area contributed by atoms with Crippen molar-refractivity contribution in [2.75, 3.05) is 33.9 Å². The van der Waals surface area contributed by atoms with E-state index in [1.54, 1.807) is 14.2 Å². The van der Waals surface area contributed by atoms with Crippen molar-refractivity contribution in [1.82, 2.24) is 4.90 Å². The zero-order valence-corrected chi connectivity index (χ0v) is 19.2. The van der Waals surface area contributed by atoms with E-state index in [0.717, 1.165) is 43.9 Å². The summed E-state index contributed by atoms with van der Waals surface area (Å²) in [6, 6.07) is 4.50. The molecule has 172 valence electrons. The van der Waals surface area contributed by atoms with Crippen LogP contribution in [-0.4, -0.2) is 50.7 Å². The molecule has 31 heavy (non-hydrogen) atoms. The van der Waals surface area contributed by atoms with Crippen LogP contribution in [0, 0.1) is 17.8 Å². The maximum absolute atomic E-state index is 12.1. The number of hydrogen-bond acceptors (Lipinski definition) is 6. The minimum absolute atomic E-state index is 0.0321. The Morgan fingerprint density at radius 1 is 1.13 bits per heavy atom. The largest absolute Gasteiger partial charge is 0.493 e. The average molecular weight is 433 g/mol. The van der Waals surface area contributed by atoms with Crippen LogP contribution in [0.1, 0.15) is 56.7 Å². The standard InChI is InChI=1S/C24H36N2O5/c1-15(2)9-17-13-26-8-7-16-11-21(29-3)22(30-4)12-19(16)20(26)10-18(17)14-31-24(28)6-5-23(25)27/h11-12,15,17-18,20H,5-10,13-14H2,1-4H3,(H2,25,27). The number of benzene rings is 1. The predicted molar refractivity (Wildman–Crippen MR) is 118 cm³/mol. The number of methoxy groups -OCH3 is 2. The number of primary amides is 1. The van der Waals surface area contributed by atoms with E-state index >= 15 is 0 Å². The van der Waals surface area contributed by atoms with Crippen LogP contribution in [0.2, 0.25) is 0 Å². The molecule has 2 aliphatic heterocycles. The van der Waals surface area contributed by atoms with Crippen LogP contribution < -0.4 is 15.2 Å².